The lowest BCUT2D eigenvalue weighted by atomic mass is 10.1. The van der Waals surface area contributed by atoms with E-state index in [9.17, 15) is 4.39 Å². The Morgan fingerprint density at radius 2 is 1.83 bits per heavy atom. The van der Waals surface area contributed by atoms with Crippen LogP contribution in [0.1, 0.15) is 0 Å². The van der Waals surface area contributed by atoms with Gasteiger partial charge in [-0.15, -0.1) is 0 Å². The molecule has 1 fully saturated rings. The number of rotatable bonds is 1. The zero-order valence-electron chi connectivity index (χ0n) is 6.70. The van der Waals surface area contributed by atoms with Crippen molar-refractivity contribution < 1.29 is 4.39 Å². The summed E-state index contributed by atoms with van der Waals surface area (Å²) in [6.07, 6.45) is 0. The molecule has 1 aromatic rings. The average Bonchev–Trinajstić information content (AvgIpc) is 2.01. The van der Waals surface area contributed by atoms with Crippen LogP contribution in [0.3, 0.4) is 0 Å². The van der Waals surface area contributed by atoms with E-state index in [1.54, 1.807) is 12.1 Å². The molecule has 0 radical (unpaired) electrons. The maximum atomic E-state index is 12.5. The lowest BCUT2D eigenvalue weighted by molar-refractivity contribution is 0.519. The predicted molar refractivity (Wildman–Crippen MR) is 46.6 cm³/mol. The van der Waals surface area contributed by atoms with Crippen LogP contribution in [-0.4, -0.2) is 19.1 Å². The number of anilines is 1. The van der Waals surface area contributed by atoms with Gasteiger partial charge < -0.3 is 10.6 Å². The smallest absolute Gasteiger partial charge is 0.123 e. The largest absolute Gasteiger partial charge is 0.368 e. The third-order valence-electron chi connectivity index (χ3n) is 2.10. The molecule has 0 aromatic heterocycles. The third-order valence-corrected chi connectivity index (χ3v) is 2.10. The van der Waals surface area contributed by atoms with Gasteiger partial charge in [0.25, 0.3) is 0 Å². The fraction of sp³-hybridized carbons (Fsp3) is 0.333. The molecule has 12 heavy (non-hydrogen) atoms. The standard InChI is InChI=1S/C9H11FN2/c10-7-1-3-9(4-2-7)12-5-8(11)6-12/h1-4,8H,5-6,11H2. The van der Waals surface area contributed by atoms with Gasteiger partial charge in [0.15, 0.2) is 0 Å². The Bertz CT molecular complexity index is 264. The highest BCUT2D eigenvalue weighted by Gasteiger charge is 2.22. The molecule has 2 N–H and O–H groups in total. The van der Waals surface area contributed by atoms with Crippen molar-refractivity contribution in [3.63, 3.8) is 0 Å². The van der Waals surface area contributed by atoms with Gasteiger partial charge in [0, 0.05) is 24.8 Å². The Labute approximate surface area is 70.8 Å². The van der Waals surface area contributed by atoms with Crippen LogP contribution in [-0.2, 0) is 0 Å². The molecule has 2 nitrogen and oxygen atoms in total. The van der Waals surface area contributed by atoms with Gasteiger partial charge in [-0.05, 0) is 24.3 Å². The molecule has 0 saturated carbocycles. The Morgan fingerprint density at radius 1 is 1.25 bits per heavy atom. The summed E-state index contributed by atoms with van der Waals surface area (Å²) >= 11 is 0. The van der Waals surface area contributed by atoms with Crippen molar-refractivity contribution >= 4 is 5.69 Å². The van der Waals surface area contributed by atoms with Crippen molar-refractivity contribution in [2.24, 2.45) is 5.73 Å². The van der Waals surface area contributed by atoms with Gasteiger partial charge in [-0.1, -0.05) is 0 Å². The summed E-state index contributed by atoms with van der Waals surface area (Å²) < 4.78 is 12.5. The first kappa shape index (κ1) is 7.55. The second kappa shape index (κ2) is 2.75. The van der Waals surface area contributed by atoms with E-state index in [0.29, 0.717) is 0 Å². The van der Waals surface area contributed by atoms with Crippen molar-refractivity contribution in [3.8, 4) is 0 Å². The maximum absolute atomic E-state index is 12.5. The van der Waals surface area contributed by atoms with Gasteiger partial charge >= 0.3 is 0 Å². The summed E-state index contributed by atoms with van der Waals surface area (Å²) in [5, 5.41) is 0. The number of halogens is 1. The summed E-state index contributed by atoms with van der Waals surface area (Å²) in [5.74, 6) is -0.191. The van der Waals surface area contributed by atoms with Crippen LogP contribution in [0.25, 0.3) is 0 Å². The van der Waals surface area contributed by atoms with E-state index in [-0.39, 0.29) is 11.9 Å². The van der Waals surface area contributed by atoms with Gasteiger partial charge in [-0.3, -0.25) is 0 Å². The maximum Gasteiger partial charge on any atom is 0.123 e. The first-order valence-corrected chi connectivity index (χ1v) is 4.02. The predicted octanol–water partition coefficient (Wildman–Crippen LogP) is 0.973. The van der Waals surface area contributed by atoms with Crippen molar-refractivity contribution in [1.29, 1.82) is 0 Å². The number of hydrogen-bond donors (Lipinski definition) is 1. The van der Waals surface area contributed by atoms with Crippen LogP contribution >= 0.6 is 0 Å². The van der Waals surface area contributed by atoms with Crippen LogP contribution in [0.4, 0.5) is 10.1 Å². The molecule has 0 spiro atoms. The number of nitrogens with two attached hydrogens (primary N) is 1. The summed E-state index contributed by atoms with van der Waals surface area (Å²) in [4.78, 5) is 2.13. The molecule has 0 bridgehead atoms. The van der Waals surface area contributed by atoms with E-state index >= 15 is 0 Å². The molecule has 1 aliphatic rings. The molecular weight excluding hydrogens is 155 g/mol. The van der Waals surface area contributed by atoms with Crippen LogP contribution in [0.2, 0.25) is 0 Å². The SMILES string of the molecule is NC1CN(c2ccc(F)cc2)C1. The monoisotopic (exact) mass is 166 g/mol. The van der Waals surface area contributed by atoms with E-state index in [2.05, 4.69) is 4.90 Å². The Hall–Kier alpha value is -1.09. The molecule has 2 rings (SSSR count). The minimum Gasteiger partial charge on any atom is -0.368 e. The minimum atomic E-state index is -0.191. The first-order chi connectivity index (χ1) is 5.75. The topological polar surface area (TPSA) is 29.3 Å². The zero-order valence-corrected chi connectivity index (χ0v) is 6.70. The zero-order chi connectivity index (χ0) is 8.55. The van der Waals surface area contributed by atoms with Crippen molar-refractivity contribution in [1.82, 2.24) is 0 Å². The molecule has 1 heterocycles. The Morgan fingerprint density at radius 3 is 2.33 bits per heavy atom. The van der Waals surface area contributed by atoms with Crippen LogP contribution < -0.4 is 10.6 Å². The normalized spacial score (nSPS) is 17.7. The fourth-order valence-corrected chi connectivity index (χ4v) is 1.38. The highest BCUT2D eigenvalue weighted by molar-refractivity contribution is 5.49. The van der Waals surface area contributed by atoms with Crippen molar-refractivity contribution in [3.05, 3.63) is 30.1 Å². The van der Waals surface area contributed by atoms with Crippen molar-refractivity contribution in [2.45, 2.75) is 6.04 Å². The third kappa shape index (κ3) is 1.28. The van der Waals surface area contributed by atoms with Crippen LogP contribution in [0.15, 0.2) is 24.3 Å². The summed E-state index contributed by atoms with van der Waals surface area (Å²) in [5.41, 5.74) is 6.67. The highest BCUT2D eigenvalue weighted by atomic mass is 19.1. The molecule has 1 saturated heterocycles. The Kier molecular flexibility index (Phi) is 1.73. The molecule has 64 valence electrons. The second-order valence-electron chi connectivity index (χ2n) is 3.14. The lowest BCUT2D eigenvalue weighted by Crippen LogP contribution is -2.55. The van der Waals surface area contributed by atoms with Gasteiger partial charge in [-0.25, -0.2) is 4.39 Å². The van der Waals surface area contributed by atoms with Gasteiger partial charge in [0.2, 0.25) is 0 Å². The van der Waals surface area contributed by atoms with E-state index in [1.807, 2.05) is 0 Å². The minimum absolute atomic E-state index is 0.191. The van der Waals surface area contributed by atoms with E-state index < -0.39 is 0 Å². The second-order valence-corrected chi connectivity index (χ2v) is 3.14. The quantitative estimate of drug-likeness (QED) is 0.673. The molecule has 0 amide bonds. The molecule has 0 unspecified atom stereocenters. The molecule has 0 aliphatic carbocycles. The number of benzene rings is 1. The van der Waals surface area contributed by atoms with Crippen LogP contribution in [0, 0.1) is 5.82 Å². The average molecular weight is 166 g/mol. The number of nitrogens with zero attached hydrogens (tertiary/aromatic N) is 1. The van der Waals surface area contributed by atoms with E-state index in [1.165, 1.54) is 12.1 Å². The molecular formula is C9H11FN2. The summed E-state index contributed by atoms with van der Waals surface area (Å²) in [7, 11) is 0. The summed E-state index contributed by atoms with van der Waals surface area (Å²) in [6, 6.07) is 6.79. The van der Waals surface area contributed by atoms with E-state index in [0.717, 1.165) is 18.8 Å². The summed E-state index contributed by atoms with van der Waals surface area (Å²) in [6.45, 7) is 1.76. The van der Waals surface area contributed by atoms with Crippen LogP contribution in [0.5, 0.6) is 0 Å². The van der Waals surface area contributed by atoms with E-state index in [4.69, 9.17) is 5.73 Å². The molecule has 3 heteroatoms. The molecule has 0 atom stereocenters. The van der Waals surface area contributed by atoms with Gasteiger partial charge in [0.05, 0.1) is 0 Å². The van der Waals surface area contributed by atoms with Gasteiger partial charge in [-0.2, -0.15) is 0 Å². The Balaban J connectivity index is 2.09. The first-order valence-electron chi connectivity index (χ1n) is 4.02. The van der Waals surface area contributed by atoms with Crippen molar-refractivity contribution in [2.75, 3.05) is 18.0 Å². The lowest BCUT2D eigenvalue weighted by Gasteiger charge is -2.38. The number of hydrogen-bond acceptors (Lipinski definition) is 2. The highest BCUT2D eigenvalue weighted by Crippen LogP contribution is 2.19. The molecule has 1 aliphatic heterocycles. The molecule has 1 aromatic carbocycles. The fourth-order valence-electron chi connectivity index (χ4n) is 1.38. The van der Waals surface area contributed by atoms with Gasteiger partial charge in [0.1, 0.15) is 5.82 Å².